The van der Waals surface area contributed by atoms with Gasteiger partial charge < -0.3 is 10.6 Å². The molecule has 1 aromatic heterocycles. The molecule has 2 heterocycles. The smallest absolute Gasteiger partial charge is 0.276 e. The summed E-state index contributed by atoms with van der Waals surface area (Å²) in [6, 6.07) is 0. The molecule has 1 aliphatic heterocycles. The highest BCUT2D eigenvalue weighted by Crippen LogP contribution is 2.30. The number of carbonyl (C=O) groups excluding carboxylic acids is 1. The van der Waals surface area contributed by atoms with Crippen LogP contribution in [0.3, 0.4) is 0 Å². The lowest BCUT2D eigenvalue weighted by atomic mass is 10.2. The molecule has 0 radical (unpaired) electrons. The van der Waals surface area contributed by atoms with Crippen LogP contribution in [0.25, 0.3) is 0 Å². The van der Waals surface area contributed by atoms with E-state index in [2.05, 4.69) is 15.1 Å². The van der Waals surface area contributed by atoms with Crippen molar-refractivity contribution in [1.29, 1.82) is 0 Å². The second kappa shape index (κ2) is 4.85. The first-order chi connectivity index (χ1) is 9.15. The molecule has 1 aliphatic carbocycles. The van der Waals surface area contributed by atoms with E-state index in [0.717, 1.165) is 37.8 Å². The summed E-state index contributed by atoms with van der Waals surface area (Å²) >= 11 is 0. The molecule has 2 aliphatic rings. The van der Waals surface area contributed by atoms with Gasteiger partial charge in [-0.2, -0.15) is 5.10 Å². The van der Waals surface area contributed by atoms with Gasteiger partial charge in [0.2, 0.25) is 0 Å². The minimum Gasteiger partial charge on any atom is -0.395 e. The summed E-state index contributed by atoms with van der Waals surface area (Å²) in [5, 5.41) is 6.78. The van der Waals surface area contributed by atoms with Crippen LogP contribution in [0.1, 0.15) is 29.0 Å². The molecule has 1 aromatic rings. The van der Waals surface area contributed by atoms with E-state index in [4.69, 9.17) is 5.73 Å². The number of aromatic amines is 1. The van der Waals surface area contributed by atoms with Gasteiger partial charge in [0.15, 0.2) is 5.69 Å². The van der Waals surface area contributed by atoms with E-state index in [9.17, 15) is 4.79 Å². The van der Waals surface area contributed by atoms with Gasteiger partial charge in [-0.05, 0) is 25.7 Å². The lowest BCUT2D eigenvalue weighted by Crippen LogP contribution is -2.49. The summed E-state index contributed by atoms with van der Waals surface area (Å²) in [7, 11) is 0. The molecule has 3 rings (SSSR count). The Hall–Kier alpha value is -1.56. The van der Waals surface area contributed by atoms with Crippen LogP contribution in [0.5, 0.6) is 0 Å². The number of rotatable bonds is 3. The van der Waals surface area contributed by atoms with E-state index in [-0.39, 0.29) is 5.91 Å². The summed E-state index contributed by atoms with van der Waals surface area (Å²) in [5.74, 6) is 0.861. The maximum Gasteiger partial charge on any atom is 0.276 e. The lowest BCUT2D eigenvalue weighted by molar-refractivity contribution is 0.0627. The number of aryl methyl sites for hydroxylation is 1. The van der Waals surface area contributed by atoms with E-state index in [1.165, 1.54) is 19.4 Å². The van der Waals surface area contributed by atoms with Gasteiger partial charge in [-0.1, -0.05) is 0 Å². The third-order valence-corrected chi connectivity index (χ3v) is 4.07. The zero-order valence-corrected chi connectivity index (χ0v) is 11.4. The monoisotopic (exact) mass is 263 g/mol. The molecule has 0 aromatic carbocycles. The van der Waals surface area contributed by atoms with E-state index in [0.29, 0.717) is 11.4 Å². The Morgan fingerprint density at radius 2 is 2.05 bits per heavy atom. The molecule has 0 bridgehead atoms. The third kappa shape index (κ3) is 2.58. The van der Waals surface area contributed by atoms with Crippen molar-refractivity contribution in [3.8, 4) is 0 Å². The van der Waals surface area contributed by atoms with Crippen LogP contribution >= 0.6 is 0 Å². The van der Waals surface area contributed by atoms with Crippen LogP contribution < -0.4 is 5.73 Å². The number of amides is 1. The Bertz CT molecular complexity index is 471. The van der Waals surface area contributed by atoms with E-state index in [1.54, 1.807) is 0 Å². The summed E-state index contributed by atoms with van der Waals surface area (Å²) < 4.78 is 0. The molecule has 2 fully saturated rings. The average molecular weight is 263 g/mol. The first-order valence-electron chi connectivity index (χ1n) is 6.97. The van der Waals surface area contributed by atoms with E-state index < -0.39 is 0 Å². The first kappa shape index (κ1) is 12.5. The summed E-state index contributed by atoms with van der Waals surface area (Å²) in [4.78, 5) is 16.6. The molecular weight excluding hydrogens is 242 g/mol. The number of H-pyrrole nitrogens is 1. The quantitative estimate of drug-likeness (QED) is 0.831. The molecule has 1 saturated carbocycles. The fourth-order valence-electron chi connectivity index (χ4n) is 2.55. The molecule has 6 heteroatoms. The van der Waals surface area contributed by atoms with Crippen LogP contribution in [0.2, 0.25) is 0 Å². The number of hydrogen-bond acceptors (Lipinski definition) is 4. The minimum atomic E-state index is -0.0482. The summed E-state index contributed by atoms with van der Waals surface area (Å²) in [6.07, 6.45) is 2.75. The molecule has 1 amide bonds. The zero-order valence-electron chi connectivity index (χ0n) is 11.4. The summed E-state index contributed by atoms with van der Waals surface area (Å²) in [6.45, 7) is 6.50. The number of nitrogens with two attached hydrogens (primary N) is 1. The topological polar surface area (TPSA) is 78.2 Å². The highest BCUT2D eigenvalue weighted by Gasteiger charge is 2.29. The molecule has 0 atom stereocenters. The molecule has 19 heavy (non-hydrogen) atoms. The largest absolute Gasteiger partial charge is 0.395 e. The van der Waals surface area contributed by atoms with Crippen molar-refractivity contribution in [2.45, 2.75) is 19.8 Å². The Morgan fingerprint density at radius 1 is 1.37 bits per heavy atom. The van der Waals surface area contributed by atoms with Crippen molar-refractivity contribution < 1.29 is 4.79 Å². The zero-order chi connectivity index (χ0) is 13.4. The number of piperazine rings is 1. The van der Waals surface area contributed by atoms with Gasteiger partial charge >= 0.3 is 0 Å². The second-order valence-electron chi connectivity index (χ2n) is 5.65. The van der Waals surface area contributed by atoms with Crippen molar-refractivity contribution in [1.82, 2.24) is 20.0 Å². The van der Waals surface area contributed by atoms with Crippen molar-refractivity contribution in [3.05, 3.63) is 11.4 Å². The maximum absolute atomic E-state index is 12.3. The number of nitrogen functional groups attached to an aromatic ring is 1. The van der Waals surface area contributed by atoms with E-state index in [1.807, 2.05) is 11.8 Å². The predicted octanol–water partition coefficient (Wildman–Crippen LogP) is 0.468. The fourth-order valence-corrected chi connectivity index (χ4v) is 2.55. The van der Waals surface area contributed by atoms with Crippen LogP contribution in [-0.2, 0) is 0 Å². The van der Waals surface area contributed by atoms with Crippen LogP contribution in [0, 0.1) is 12.8 Å². The lowest BCUT2D eigenvalue weighted by Gasteiger charge is -2.34. The molecule has 1 saturated heterocycles. The third-order valence-electron chi connectivity index (χ3n) is 4.07. The average Bonchev–Trinajstić information content (AvgIpc) is 3.17. The van der Waals surface area contributed by atoms with Crippen LogP contribution in [-0.4, -0.2) is 58.6 Å². The van der Waals surface area contributed by atoms with Crippen molar-refractivity contribution >= 4 is 11.6 Å². The molecule has 104 valence electrons. The highest BCUT2D eigenvalue weighted by molar-refractivity contribution is 5.97. The molecule has 0 unspecified atom stereocenters. The first-order valence-corrected chi connectivity index (χ1v) is 6.97. The van der Waals surface area contributed by atoms with Crippen molar-refractivity contribution in [2.75, 3.05) is 38.5 Å². The molecule has 3 N–H and O–H groups in total. The molecule has 6 nitrogen and oxygen atoms in total. The van der Waals surface area contributed by atoms with E-state index >= 15 is 0 Å². The van der Waals surface area contributed by atoms with Gasteiger partial charge in [0.05, 0.1) is 11.4 Å². The Labute approximate surface area is 112 Å². The van der Waals surface area contributed by atoms with Gasteiger partial charge in [0.1, 0.15) is 0 Å². The van der Waals surface area contributed by atoms with Crippen LogP contribution in [0.4, 0.5) is 5.69 Å². The Morgan fingerprint density at radius 3 is 2.58 bits per heavy atom. The second-order valence-corrected chi connectivity index (χ2v) is 5.65. The highest BCUT2D eigenvalue weighted by atomic mass is 16.2. The molecular formula is C13H21N5O. The minimum absolute atomic E-state index is 0.0482. The number of nitrogens with one attached hydrogen (secondary N) is 1. The van der Waals surface area contributed by atoms with Crippen LogP contribution in [0.15, 0.2) is 0 Å². The van der Waals surface area contributed by atoms with Crippen molar-refractivity contribution in [2.24, 2.45) is 5.92 Å². The Balaban J connectivity index is 1.58. The molecule has 0 spiro atoms. The SMILES string of the molecule is Cc1[nH]nc(C(=O)N2CCN(CC3CC3)CC2)c1N. The number of nitrogens with zero attached hydrogens (tertiary/aromatic N) is 3. The predicted molar refractivity (Wildman–Crippen MR) is 72.8 cm³/mol. The van der Waals surface area contributed by atoms with Crippen molar-refractivity contribution in [3.63, 3.8) is 0 Å². The normalized spacial score (nSPS) is 20.8. The van der Waals surface area contributed by atoms with Gasteiger partial charge in [0, 0.05) is 32.7 Å². The number of hydrogen-bond donors (Lipinski definition) is 2. The Kier molecular flexibility index (Phi) is 3.18. The van der Waals surface area contributed by atoms with Gasteiger partial charge in [-0.25, -0.2) is 0 Å². The number of aromatic nitrogens is 2. The number of carbonyl (C=O) groups is 1. The van der Waals surface area contributed by atoms with Gasteiger partial charge in [-0.3, -0.25) is 14.8 Å². The fraction of sp³-hybridized carbons (Fsp3) is 0.692. The standard InChI is InChI=1S/C13H21N5O/c1-9-11(14)12(16-15-9)13(19)18-6-4-17(5-7-18)8-10-2-3-10/h10H,2-8,14H2,1H3,(H,15,16). The maximum atomic E-state index is 12.3. The van der Waals surface area contributed by atoms with Gasteiger partial charge in [0.25, 0.3) is 5.91 Å². The summed E-state index contributed by atoms with van der Waals surface area (Å²) in [5.41, 5.74) is 7.47. The van der Waals surface area contributed by atoms with Gasteiger partial charge in [-0.15, -0.1) is 0 Å². The number of anilines is 1.